The maximum absolute atomic E-state index is 14.9. The summed E-state index contributed by atoms with van der Waals surface area (Å²) < 4.78 is 25.3. The summed E-state index contributed by atoms with van der Waals surface area (Å²) >= 11 is 0. The third-order valence-electron chi connectivity index (χ3n) is 13.2. The molecule has 4 aromatic rings. The number of para-hydroxylation sites is 1. The molecule has 7 amide bonds. The number of H-pyrrole nitrogens is 1. The number of carbonyl (C=O) groups excluding carboxylic acids is 7. The Morgan fingerprint density at radius 1 is 0.789 bits per heavy atom. The third-order valence-corrected chi connectivity index (χ3v) is 14.1. The maximum Gasteiger partial charge on any atom is 0.243 e. The van der Waals surface area contributed by atoms with E-state index in [1.165, 1.54) is 6.92 Å². The second kappa shape index (κ2) is 29.8. The van der Waals surface area contributed by atoms with Gasteiger partial charge in [0.05, 0.1) is 17.8 Å². The fourth-order valence-corrected chi connectivity index (χ4v) is 9.74. The van der Waals surface area contributed by atoms with Gasteiger partial charge in [-0.2, -0.15) is 0 Å². The molecule has 0 radical (unpaired) electrons. The van der Waals surface area contributed by atoms with Crippen molar-refractivity contribution in [2.75, 3.05) is 31.6 Å². The van der Waals surface area contributed by atoms with Crippen molar-refractivity contribution in [2.24, 2.45) is 5.73 Å². The number of aromatic amines is 1. The zero-order valence-electron chi connectivity index (χ0n) is 43.6. The molecule has 22 nitrogen and oxygen atoms in total. The highest BCUT2D eigenvalue weighted by molar-refractivity contribution is 7.90. The molecule has 1 saturated heterocycles. The molecule has 0 aliphatic carbocycles. The van der Waals surface area contributed by atoms with E-state index in [2.05, 4.69) is 52.8 Å². The molecule has 2 heterocycles. The Kier molecular flexibility index (Phi) is 23.5. The predicted molar refractivity (Wildman–Crippen MR) is 290 cm³/mol. The quantitative estimate of drug-likeness (QED) is 0.0398. The lowest BCUT2D eigenvalue weighted by Gasteiger charge is -2.31. The molecule has 3 aromatic carbocycles. The number of guanidine groups is 1. The average Bonchev–Trinajstić information content (AvgIpc) is 3.79. The number of amides is 7. The van der Waals surface area contributed by atoms with Crippen LogP contribution in [0.25, 0.3) is 21.7 Å². The second-order valence-corrected chi connectivity index (χ2v) is 21.7. The van der Waals surface area contributed by atoms with Crippen molar-refractivity contribution in [3.63, 3.8) is 0 Å². The monoisotopic (exact) mass is 1070 g/mol. The summed E-state index contributed by atoms with van der Waals surface area (Å²) in [6, 6.07) is 12.8. The van der Waals surface area contributed by atoms with Gasteiger partial charge in [-0.3, -0.25) is 44.3 Å². The molecule has 5 rings (SSSR count). The van der Waals surface area contributed by atoms with E-state index in [-0.39, 0.29) is 77.0 Å². The molecule has 76 heavy (non-hydrogen) atoms. The van der Waals surface area contributed by atoms with E-state index in [0.717, 1.165) is 33.5 Å². The standard InChI is InChI=1S/C53H76N12O10S/c1-4-5-20-40(60-33(2)66)48(69)62-42-23-24-46(67)56-26-11-6-12-27-57-47(68)44(31-36-32-59-39-21-10-9-19-38(36)39)64-49(70)41(22-14-28-58-53(54)55)61-52(73)45(30-35-17-13-16-34-15-7-8-18-37(34)35)65-51(72)43(63-50(42)71)25-29-76(3,74)75/h7-10,13,15-19,21,32,40-45,51,59,65,72H,4-6,11-12,14,20,22-31H2,1-3H3,(H,56,67)(H,57,68)(H,60,66)(H,61,73)(H,62,69)(H,63,71)(H,64,70)(H4,54,55,58)/t40-,41+,42+,43+,44+,45-,51?/m1/s1. The minimum Gasteiger partial charge on any atom is -0.376 e. The number of rotatable bonds is 17. The number of hydrogen-bond donors (Lipinski definition) is 13. The van der Waals surface area contributed by atoms with Crippen LogP contribution in [0.15, 0.2) is 72.9 Å². The van der Waals surface area contributed by atoms with Crippen LogP contribution in [0.5, 0.6) is 0 Å². The lowest BCUT2D eigenvalue weighted by atomic mass is 9.97. The van der Waals surface area contributed by atoms with Gasteiger partial charge in [-0.1, -0.05) is 80.4 Å². The number of aliphatic hydroxyl groups excluding tert-OH is 1. The van der Waals surface area contributed by atoms with Crippen LogP contribution in [-0.2, 0) is 56.2 Å². The Bertz CT molecular complexity index is 2750. The molecule has 1 aliphatic rings. The van der Waals surface area contributed by atoms with E-state index in [9.17, 15) is 47.1 Å². The minimum absolute atomic E-state index is 0.000740. The summed E-state index contributed by atoms with van der Waals surface area (Å²) in [6.07, 6.45) is 3.45. The summed E-state index contributed by atoms with van der Waals surface area (Å²) in [5, 5.41) is 47.4. The van der Waals surface area contributed by atoms with Crippen LogP contribution in [0.1, 0.15) is 95.6 Å². The van der Waals surface area contributed by atoms with Crippen LogP contribution in [0.3, 0.4) is 0 Å². The number of aromatic nitrogens is 1. The second-order valence-electron chi connectivity index (χ2n) is 19.4. The summed E-state index contributed by atoms with van der Waals surface area (Å²) in [6.45, 7) is 3.83. The maximum atomic E-state index is 14.9. The smallest absolute Gasteiger partial charge is 0.243 e. The molecule has 1 aromatic heterocycles. The van der Waals surface area contributed by atoms with Gasteiger partial charge in [-0.15, -0.1) is 0 Å². The van der Waals surface area contributed by atoms with E-state index in [4.69, 9.17) is 11.1 Å². The first kappa shape index (κ1) is 59.8. The van der Waals surface area contributed by atoms with Crippen LogP contribution in [0.2, 0.25) is 0 Å². The van der Waals surface area contributed by atoms with Gasteiger partial charge in [0.15, 0.2) is 5.96 Å². The SMILES string of the molecule is CCCC[C@@H](NC(C)=O)C(=O)N[C@H]1CCC(=O)NCCCCCNC(=O)[C@H](Cc2c[nH]c3ccccc23)NC(=O)[C@H](CCCNC(=N)N)NC(=O)[C@@H](Cc2cccc3ccccc23)NC(O)[C@H](CCS(C)(=O)=O)NC1=O. The van der Waals surface area contributed by atoms with Crippen molar-refractivity contribution in [3.05, 3.63) is 84.1 Å². The van der Waals surface area contributed by atoms with Gasteiger partial charge in [-0.25, -0.2) is 8.42 Å². The summed E-state index contributed by atoms with van der Waals surface area (Å²) in [7, 11) is -3.73. The van der Waals surface area contributed by atoms with E-state index in [1.807, 2.05) is 61.5 Å². The Hall–Kier alpha value is -7.11. The molecule has 0 saturated carbocycles. The Balaban J connectivity index is 1.55. The summed E-state index contributed by atoms with van der Waals surface area (Å²) in [4.78, 5) is 100. The molecule has 0 bridgehead atoms. The molecular formula is C53H76N12O10S. The van der Waals surface area contributed by atoms with Crippen LogP contribution >= 0.6 is 0 Å². The minimum atomic E-state index is -3.73. The molecule has 1 fully saturated rings. The van der Waals surface area contributed by atoms with Gasteiger partial charge in [0, 0.05) is 62.8 Å². The van der Waals surface area contributed by atoms with E-state index < -0.39 is 99.4 Å². The fourth-order valence-electron chi connectivity index (χ4n) is 9.06. The van der Waals surface area contributed by atoms with Gasteiger partial charge in [0.1, 0.15) is 40.2 Å². The van der Waals surface area contributed by atoms with Crippen molar-refractivity contribution in [1.82, 2.24) is 52.8 Å². The highest BCUT2D eigenvalue weighted by atomic mass is 32.2. The van der Waals surface area contributed by atoms with E-state index in [0.29, 0.717) is 37.7 Å². The third kappa shape index (κ3) is 19.5. The molecule has 1 aliphatic heterocycles. The van der Waals surface area contributed by atoms with Crippen molar-refractivity contribution < 1.29 is 47.1 Å². The normalized spacial score (nSPS) is 21.7. The number of aliphatic hydroxyl groups is 1. The van der Waals surface area contributed by atoms with Crippen molar-refractivity contribution >= 4 is 78.8 Å². The number of hydrogen-bond acceptors (Lipinski definition) is 12. The number of carbonyl (C=O) groups is 7. The van der Waals surface area contributed by atoms with Crippen molar-refractivity contribution in [2.45, 2.75) is 140 Å². The lowest BCUT2D eigenvalue weighted by Crippen LogP contribution is -2.61. The van der Waals surface area contributed by atoms with Gasteiger partial charge in [-0.05, 0) is 85.8 Å². The van der Waals surface area contributed by atoms with Crippen molar-refractivity contribution in [3.8, 4) is 0 Å². The Morgan fingerprint density at radius 2 is 1.46 bits per heavy atom. The number of nitrogens with one attached hydrogen (secondary N) is 11. The Morgan fingerprint density at radius 3 is 2.18 bits per heavy atom. The first-order valence-electron chi connectivity index (χ1n) is 26.1. The highest BCUT2D eigenvalue weighted by Gasteiger charge is 2.35. The molecule has 7 atom stereocenters. The Labute approximate surface area is 443 Å². The average molecular weight is 1070 g/mol. The molecular weight excluding hydrogens is 997 g/mol. The summed E-state index contributed by atoms with van der Waals surface area (Å²) in [5.74, 6) is -5.25. The molecule has 414 valence electrons. The summed E-state index contributed by atoms with van der Waals surface area (Å²) in [5.41, 5.74) is 7.80. The number of nitrogens with two attached hydrogens (primary N) is 1. The van der Waals surface area contributed by atoms with Gasteiger partial charge >= 0.3 is 0 Å². The largest absolute Gasteiger partial charge is 0.376 e. The predicted octanol–water partition coefficient (Wildman–Crippen LogP) is 0.911. The highest BCUT2D eigenvalue weighted by Crippen LogP contribution is 2.22. The van der Waals surface area contributed by atoms with E-state index >= 15 is 0 Å². The first-order chi connectivity index (χ1) is 36.3. The van der Waals surface area contributed by atoms with Crippen LogP contribution < -0.4 is 53.6 Å². The van der Waals surface area contributed by atoms with Gasteiger partial charge in [0.2, 0.25) is 41.4 Å². The number of benzene rings is 3. The number of fused-ring (bicyclic) bond motifs is 2. The molecule has 0 spiro atoms. The lowest BCUT2D eigenvalue weighted by molar-refractivity contribution is -0.133. The zero-order chi connectivity index (χ0) is 55.2. The van der Waals surface area contributed by atoms with Gasteiger partial charge in [0.25, 0.3) is 0 Å². The topological polar surface area (TPSA) is 348 Å². The fraction of sp³-hybridized carbons (Fsp3) is 0.509. The van der Waals surface area contributed by atoms with E-state index in [1.54, 1.807) is 18.3 Å². The first-order valence-corrected chi connectivity index (χ1v) is 28.1. The van der Waals surface area contributed by atoms with Crippen molar-refractivity contribution in [1.29, 1.82) is 5.41 Å². The molecule has 1 unspecified atom stereocenters. The van der Waals surface area contributed by atoms with Crippen LogP contribution in [0.4, 0.5) is 0 Å². The van der Waals surface area contributed by atoms with Gasteiger partial charge < -0.3 is 58.4 Å². The molecule has 23 heteroatoms. The molecule has 14 N–H and O–H groups in total. The number of unbranched alkanes of at least 4 members (excludes halogenated alkanes) is 1. The zero-order valence-corrected chi connectivity index (χ0v) is 44.4. The van der Waals surface area contributed by atoms with Crippen LogP contribution in [0, 0.1) is 5.41 Å². The number of sulfone groups is 1. The van der Waals surface area contributed by atoms with Crippen LogP contribution in [-0.4, -0.2) is 140 Å².